The number of anilines is 2. The fraction of sp³-hybridized carbons (Fsp3) is 0. The van der Waals surface area contributed by atoms with Crippen LogP contribution in [-0.2, 0) is 0 Å². The normalized spacial score (nSPS) is 10.0. The van der Waals surface area contributed by atoms with Crippen molar-refractivity contribution in [2.45, 2.75) is 0 Å². The number of hydrogen-bond acceptors (Lipinski definition) is 3. The van der Waals surface area contributed by atoms with E-state index in [2.05, 4.69) is 5.32 Å². The lowest BCUT2D eigenvalue weighted by Crippen LogP contribution is -2.17. The van der Waals surface area contributed by atoms with Gasteiger partial charge < -0.3 is 11.1 Å². The minimum atomic E-state index is -1.14. The van der Waals surface area contributed by atoms with Crippen molar-refractivity contribution < 1.29 is 13.6 Å². The molecule has 2 rings (SSSR count). The summed E-state index contributed by atoms with van der Waals surface area (Å²) >= 11 is 5.87. The Morgan fingerprint density at radius 1 is 1.29 bits per heavy atom. The second kappa shape index (κ2) is 5.77. The molecule has 2 aromatic rings. The highest BCUT2D eigenvalue weighted by atomic mass is 35.5. The van der Waals surface area contributed by atoms with Gasteiger partial charge in [0.2, 0.25) is 0 Å². The molecule has 0 saturated heterocycles. The van der Waals surface area contributed by atoms with E-state index in [9.17, 15) is 13.6 Å². The van der Waals surface area contributed by atoms with Gasteiger partial charge in [0, 0.05) is 0 Å². The van der Waals surface area contributed by atoms with Gasteiger partial charge in [0.15, 0.2) is 5.82 Å². The topological polar surface area (TPSA) is 78.9 Å². The number of nitrogens with zero attached hydrogens (tertiary/aromatic N) is 1. The smallest absolute Gasteiger partial charge is 0.261 e. The first-order valence-electron chi connectivity index (χ1n) is 5.68. The van der Waals surface area contributed by atoms with E-state index >= 15 is 0 Å². The molecule has 0 bridgehead atoms. The van der Waals surface area contributed by atoms with E-state index in [1.54, 1.807) is 0 Å². The van der Waals surface area contributed by atoms with Gasteiger partial charge in [-0.2, -0.15) is 5.26 Å². The van der Waals surface area contributed by atoms with Crippen molar-refractivity contribution in [3.8, 4) is 6.07 Å². The van der Waals surface area contributed by atoms with Crippen LogP contribution in [0.15, 0.2) is 30.3 Å². The second-order valence-corrected chi connectivity index (χ2v) is 4.49. The molecule has 0 radical (unpaired) electrons. The van der Waals surface area contributed by atoms with Crippen LogP contribution in [0.25, 0.3) is 0 Å². The SMILES string of the molecule is N#Cc1ccc(NC(=O)c2c(F)ccc(N)c2F)c(Cl)c1. The molecule has 2 aromatic carbocycles. The summed E-state index contributed by atoms with van der Waals surface area (Å²) in [6.45, 7) is 0. The summed E-state index contributed by atoms with van der Waals surface area (Å²) in [6.07, 6.45) is 0. The minimum Gasteiger partial charge on any atom is -0.396 e. The number of halogens is 3. The lowest BCUT2D eigenvalue weighted by atomic mass is 10.1. The summed E-state index contributed by atoms with van der Waals surface area (Å²) in [4.78, 5) is 11.9. The molecular formula is C14H8ClF2N3O. The first-order chi connectivity index (χ1) is 9.93. The summed E-state index contributed by atoms with van der Waals surface area (Å²) in [5.74, 6) is -3.20. The van der Waals surface area contributed by atoms with Crippen molar-refractivity contribution in [1.82, 2.24) is 0 Å². The highest BCUT2D eigenvalue weighted by molar-refractivity contribution is 6.34. The standard InChI is InChI=1S/C14H8ClF2N3O/c15-8-5-7(6-18)1-4-11(8)20-14(21)12-9(16)2-3-10(19)13(12)17/h1-5H,19H2,(H,20,21). The van der Waals surface area contributed by atoms with Gasteiger partial charge in [0.05, 0.1) is 28.0 Å². The van der Waals surface area contributed by atoms with Crippen LogP contribution in [-0.4, -0.2) is 5.91 Å². The maximum absolute atomic E-state index is 13.7. The molecule has 0 atom stereocenters. The summed E-state index contributed by atoms with van der Waals surface area (Å²) in [5.41, 5.74) is 4.59. The highest BCUT2D eigenvalue weighted by Gasteiger charge is 2.20. The molecule has 1 amide bonds. The van der Waals surface area contributed by atoms with Gasteiger partial charge in [-0.1, -0.05) is 11.6 Å². The van der Waals surface area contributed by atoms with Crippen LogP contribution >= 0.6 is 11.6 Å². The number of carbonyl (C=O) groups is 1. The number of carbonyl (C=O) groups excluding carboxylic acids is 1. The Morgan fingerprint density at radius 3 is 2.62 bits per heavy atom. The van der Waals surface area contributed by atoms with Crippen LogP contribution in [0.3, 0.4) is 0 Å². The number of hydrogen-bond donors (Lipinski definition) is 2. The molecule has 0 fully saturated rings. The molecule has 0 heterocycles. The lowest BCUT2D eigenvalue weighted by molar-refractivity contribution is 0.101. The molecule has 106 valence electrons. The van der Waals surface area contributed by atoms with Gasteiger partial charge in [-0.25, -0.2) is 8.78 Å². The number of nitriles is 1. The zero-order valence-electron chi connectivity index (χ0n) is 10.5. The van der Waals surface area contributed by atoms with Crippen LogP contribution in [0.1, 0.15) is 15.9 Å². The first-order valence-corrected chi connectivity index (χ1v) is 6.06. The maximum atomic E-state index is 13.7. The fourth-order valence-electron chi connectivity index (χ4n) is 1.65. The summed E-state index contributed by atoms with van der Waals surface area (Å²) in [5, 5.41) is 11.1. The predicted octanol–water partition coefficient (Wildman–Crippen LogP) is 3.32. The average molecular weight is 308 g/mol. The van der Waals surface area contributed by atoms with Crippen LogP contribution in [0.4, 0.5) is 20.2 Å². The van der Waals surface area contributed by atoms with Gasteiger partial charge in [0.1, 0.15) is 11.4 Å². The number of nitrogen functional groups attached to an aromatic ring is 1. The van der Waals surface area contributed by atoms with Crippen LogP contribution in [0.2, 0.25) is 5.02 Å². The third-order valence-corrected chi connectivity index (χ3v) is 3.01. The van der Waals surface area contributed by atoms with Crippen LogP contribution in [0, 0.1) is 23.0 Å². The molecule has 0 unspecified atom stereocenters. The van der Waals surface area contributed by atoms with E-state index in [0.29, 0.717) is 5.56 Å². The molecule has 0 aromatic heterocycles. The van der Waals surface area contributed by atoms with Crippen molar-refractivity contribution >= 4 is 28.9 Å². The summed E-state index contributed by atoms with van der Waals surface area (Å²) in [7, 11) is 0. The zero-order valence-corrected chi connectivity index (χ0v) is 11.2. The lowest BCUT2D eigenvalue weighted by Gasteiger charge is -2.10. The second-order valence-electron chi connectivity index (χ2n) is 4.09. The molecule has 0 aliphatic rings. The Bertz CT molecular complexity index is 772. The minimum absolute atomic E-state index is 0.0760. The van der Waals surface area contributed by atoms with Crippen LogP contribution < -0.4 is 11.1 Å². The monoisotopic (exact) mass is 307 g/mol. The quantitative estimate of drug-likeness (QED) is 0.835. The van der Waals surface area contributed by atoms with Crippen molar-refractivity contribution in [2.24, 2.45) is 0 Å². The van der Waals surface area contributed by atoms with E-state index in [4.69, 9.17) is 22.6 Å². The number of nitrogens with one attached hydrogen (secondary N) is 1. The Morgan fingerprint density at radius 2 is 2.00 bits per heavy atom. The number of amides is 1. The van der Waals surface area contributed by atoms with Crippen molar-refractivity contribution in [2.75, 3.05) is 11.1 Å². The zero-order chi connectivity index (χ0) is 15.6. The largest absolute Gasteiger partial charge is 0.396 e. The molecule has 0 aliphatic heterocycles. The fourth-order valence-corrected chi connectivity index (χ4v) is 1.88. The molecule has 0 aliphatic carbocycles. The van der Waals surface area contributed by atoms with E-state index < -0.39 is 23.1 Å². The summed E-state index contributed by atoms with van der Waals surface area (Å²) < 4.78 is 27.3. The van der Waals surface area contributed by atoms with Crippen molar-refractivity contribution in [3.05, 3.63) is 58.1 Å². The van der Waals surface area contributed by atoms with Gasteiger partial charge in [-0.15, -0.1) is 0 Å². The predicted molar refractivity (Wildman–Crippen MR) is 74.9 cm³/mol. The first kappa shape index (κ1) is 14.8. The Hall–Kier alpha value is -2.65. The molecule has 3 N–H and O–H groups in total. The van der Waals surface area contributed by atoms with Crippen LogP contribution in [0.5, 0.6) is 0 Å². The molecule has 0 saturated carbocycles. The number of rotatable bonds is 2. The van der Waals surface area contributed by atoms with E-state index in [1.807, 2.05) is 6.07 Å². The van der Waals surface area contributed by atoms with E-state index in [1.165, 1.54) is 18.2 Å². The van der Waals surface area contributed by atoms with Crippen molar-refractivity contribution in [3.63, 3.8) is 0 Å². The summed E-state index contributed by atoms with van der Waals surface area (Å²) in [6, 6.07) is 7.89. The Balaban J connectivity index is 2.35. The van der Waals surface area contributed by atoms with Gasteiger partial charge in [0.25, 0.3) is 5.91 Å². The van der Waals surface area contributed by atoms with Gasteiger partial charge in [-0.3, -0.25) is 4.79 Å². The Kier molecular flexibility index (Phi) is 4.05. The highest BCUT2D eigenvalue weighted by Crippen LogP contribution is 2.25. The molecular weight excluding hydrogens is 300 g/mol. The molecule has 21 heavy (non-hydrogen) atoms. The number of benzene rings is 2. The van der Waals surface area contributed by atoms with E-state index in [0.717, 1.165) is 12.1 Å². The molecule has 7 heteroatoms. The van der Waals surface area contributed by atoms with Gasteiger partial charge >= 0.3 is 0 Å². The third kappa shape index (κ3) is 2.93. The van der Waals surface area contributed by atoms with Crippen molar-refractivity contribution in [1.29, 1.82) is 5.26 Å². The Labute approximate surface area is 123 Å². The average Bonchev–Trinajstić information content (AvgIpc) is 2.45. The third-order valence-electron chi connectivity index (χ3n) is 2.69. The van der Waals surface area contributed by atoms with Gasteiger partial charge in [-0.05, 0) is 30.3 Å². The molecule has 4 nitrogen and oxygen atoms in total. The molecule has 0 spiro atoms. The maximum Gasteiger partial charge on any atom is 0.261 e. The van der Waals surface area contributed by atoms with E-state index in [-0.39, 0.29) is 16.4 Å². The number of nitrogens with two attached hydrogens (primary N) is 1.